The van der Waals surface area contributed by atoms with Crippen LogP contribution in [-0.4, -0.2) is 63.8 Å². The first-order chi connectivity index (χ1) is 9.81. The largest absolute Gasteiger partial charge is 0.479 e. The first-order valence-corrected chi connectivity index (χ1v) is 7.83. The van der Waals surface area contributed by atoms with Gasteiger partial charge in [-0.05, 0) is 12.7 Å². The van der Waals surface area contributed by atoms with Crippen molar-refractivity contribution >= 4 is 47.3 Å². The summed E-state index contributed by atoms with van der Waals surface area (Å²) in [6.07, 6.45) is -0.541. The number of carbonyl (C=O) groups is 4. The lowest BCUT2D eigenvalue weighted by atomic mass is 10.2. The van der Waals surface area contributed by atoms with Crippen LogP contribution in [0.1, 0.15) is 12.8 Å². The monoisotopic (exact) mass is 338 g/mol. The Hall–Kier alpha value is -1.26. The molecule has 4 N–H and O–H groups in total. The van der Waals surface area contributed by atoms with Crippen LogP contribution in [0, 0.1) is 0 Å². The summed E-state index contributed by atoms with van der Waals surface area (Å²) in [5, 5.41) is 22.0. The Morgan fingerprint density at radius 2 is 1.90 bits per heavy atom. The third kappa shape index (κ3) is 8.58. The highest BCUT2D eigenvalue weighted by molar-refractivity contribution is 8.13. The van der Waals surface area contributed by atoms with Crippen LogP contribution in [0.15, 0.2) is 0 Å². The van der Waals surface area contributed by atoms with Gasteiger partial charge in [0.2, 0.25) is 16.9 Å². The zero-order valence-corrected chi connectivity index (χ0v) is 13.1. The van der Waals surface area contributed by atoms with Crippen molar-refractivity contribution in [2.45, 2.75) is 25.0 Å². The van der Waals surface area contributed by atoms with Crippen molar-refractivity contribution in [2.75, 3.05) is 18.6 Å². The number of amides is 2. The van der Waals surface area contributed by atoms with Crippen LogP contribution in [0.3, 0.4) is 0 Å². The van der Waals surface area contributed by atoms with E-state index in [1.807, 2.05) is 0 Å². The van der Waals surface area contributed by atoms with E-state index < -0.39 is 29.9 Å². The lowest BCUT2D eigenvalue weighted by molar-refractivity contribution is -0.147. The normalized spacial score (nSPS) is 13.1. The fraction of sp³-hybridized carbons (Fsp3) is 0.636. The van der Waals surface area contributed by atoms with E-state index in [-0.39, 0.29) is 30.3 Å². The number of thioether (sulfide) groups is 1. The Morgan fingerprint density at radius 1 is 1.29 bits per heavy atom. The number of hydrogen-bond donors (Lipinski definition) is 5. The van der Waals surface area contributed by atoms with Gasteiger partial charge in [-0.1, -0.05) is 11.8 Å². The predicted octanol–water partition coefficient (Wildman–Crippen LogP) is -1.37. The van der Waals surface area contributed by atoms with Crippen molar-refractivity contribution in [3.8, 4) is 0 Å². The molecule has 0 fully saturated rings. The zero-order chi connectivity index (χ0) is 16.4. The fourth-order valence-corrected chi connectivity index (χ4v) is 1.68. The van der Waals surface area contributed by atoms with E-state index in [0.717, 1.165) is 11.8 Å². The van der Waals surface area contributed by atoms with E-state index in [1.165, 1.54) is 0 Å². The summed E-state index contributed by atoms with van der Waals surface area (Å²) in [6, 6.07) is -0.933. The molecule has 8 nitrogen and oxygen atoms in total. The van der Waals surface area contributed by atoms with Gasteiger partial charge in [-0.2, -0.15) is 12.6 Å². The Kier molecular flexibility index (Phi) is 9.84. The quantitative estimate of drug-likeness (QED) is 0.328. The van der Waals surface area contributed by atoms with Gasteiger partial charge in [0, 0.05) is 12.2 Å². The number of carboxylic acids is 1. The molecule has 2 unspecified atom stereocenters. The Balaban J connectivity index is 4.23. The van der Waals surface area contributed by atoms with Gasteiger partial charge < -0.3 is 20.8 Å². The molecule has 21 heavy (non-hydrogen) atoms. The van der Waals surface area contributed by atoms with E-state index in [9.17, 15) is 19.2 Å². The van der Waals surface area contributed by atoms with Crippen LogP contribution in [0.2, 0.25) is 0 Å². The molecule has 0 aromatic rings. The molecule has 0 saturated carbocycles. The smallest absolute Gasteiger partial charge is 0.332 e. The Labute approximate surface area is 131 Å². The molecule has 0 aliphatic carbocycles. The summed E-state index contributed by atoms with van der Waals surface area (Å²) in [6.45, 7) is -0.155. The number of thiol groups is 1. The minimum Gasteiger partial charge on any atom is -0.479 e. The number of hydrogen-bond acceptors (Lipinski definition) is 7. The van der Waals surface area contributed by atoms with Gasteiger partial charge in [0.15, 0.2) is 6.10 Å². The molecular formula is C11H18N2O6S2. The van der Waals surface area contributed by atoms with Crippen molar-refractivity contribution in [1.82, 2.24) is 10.6 Å². The maximum absolute atomic E-state index is 11.7. The third-order valence-corrected chi connectivity index (χ3v) is 3.36. The Morgan fingerprint density at radius 3 is 2.38 bits per heavy atom. The summed E-state index contributed by atoms with van der Waals surface area (Å²) in [5.74, 6) is -2.53. The number of aliphatic carboxylic acids is 1. The van der Waals surface area contributed by atoms with Crippen LogP contribution < -0.4 is 10.6 Å². The average Bonchev–Trinajstić information content (AvgIpc) is 2.46. The highest BCUT2D eigenvalue weighted by Crippen LogP contribution is 1.99. The number of aliphatic hydroxyl groups excluding tert-OH is 1. The van der Waals surface area contributed by atoms with Crippen LogP contribution in [0.4, 0.5) is 0 Å². The maximum atomic E-state index is 11.7. The summed E-state index contributed by atoms with van der Waals surface area (Å²) < 4.78 is 0. The Bertz CT molecular complexity index is 404. The third-order valence-electron chi connectivity index (χ3n) is 2.40. The summed E-state index contributed by atoms with van der Waals surface area (Å²) in [7, 11) is 0. The van der Waals surface area contributed by atoms with Gasteiger partial charge in [0.1, 0.15) is 6.04 Å². The summed E-state index contributed by atoms with van der Waals surface area (Å²) >= 11 is 4.90. The van der Waals surface area contributed by atoms with Crippen LogP contribution in [0.25, 0.3) is 0 Å². The van der Waals surface area contributed by atoms with Gasteiger partial charge >= 0.3 is 5.97 Å². The van der Waals surface area contributed by atoms with Crippen molar-refractivity contribution in [3.63, 3.8) is 0 Å². The first-order valence-electron chi connectivity index (χ1n) is 5.97. The number of nitrogens with one attached hydrogen (secondary N) is 2. The van der Waals surface area contributed by atoms with Crippen molar-refractivity contribution in [2.24, 2.45) is 0 Å². The van der Waals surface area contributed by atoms with Gasteiger partial charge in [-0.25, -0.2) is 4.79 Å². The number of rotatable bonds is 9. The molecule has 0 aromatic carbocycles. The van der Waals surface area contributed by atoms with E-state index in [4.69, 9.17) is 10.2 Å². The summed E-state index contributed by atoms with van der Waals surface area (Å²) in [5.41, 5.74) is 0. The van der Waals surface area contributed by atoms with Crippen molar-refractivity contribution in [1.29, 1.82) is 0 Å². The molecule has 0 heterocycles. The molecule has 2 atom stereocenters. The molecule has 0 saturated heterocycles. The average molecular weight is 338 g/mol. The van der Waals surface area contributed by atoms with Crippen LogP contribution in [0.5, 0.6) is 0 Å². The molecule has 0 aliphatic heterocycles. The van der Waals surface area contributed by atoms with Gasteiger partial charge in [0.05, 0.1) is 6.54 Å². The van der Waals surface area contributed by atoms with Crippen molar-refractivity contribution < 1.29 is 29.4 Å². The SMILES string of the molecule is CSC(=O)CNC(=O)C(CS)NC(=O)CCC(O)C(=O)O. The molecule has 0 bridgehead atoms. The molecular weight excluding hydrogens is 320 g/mol. The van der Waals surface area contributed by atoms with Gasteiger partial charge in [-0.3, -0.25) is 14.4 Å². The van der Waals surface area contributed by atoms with Crippen LogP contribution >= 0.6 is 24.4 Å². The van der Waals surface area contributed by atoms with Crippen molar-refractivity contribution in [3.05, 3.63) is 0 Å². The standard InChI is InChI=1S/C11H18N2O6S2/c1-21-9(16)4-12-10(17)6(5-20)13-8(15)3-2-7(14)11(18)19/h6-7,14,20H,2-5H2,1H3,(H,12,17)(H,13,15)(H,18,19). The lowest BCUT2D eigenvalue weighted by Gasteiger charge is -2.16. The number of carboxylic acid groups (broad SMARTS) is 1. The van der Waals surface area contributed by atoms with Gasteiger partial charge in [0.25, 0.3) is 0 Å². The van der Waals surface area contributed by atoms with E-state index in [1.54, 1.807) is 6.26 Å². The predicted molar refractivity (Wildman–Crippen MR) is 80.2 cm³/mol. The van der Waals surface area contributed by atoms with Crippen LogP contribution in [-0.2, 0) is 19.2 Å². The van der Waals surface area contributed by atoms with E-state index in [2.05, 4.69) is 23.3 Å². The summed E-state index contributed by atoms with van der Waals surface area (Å²) in [4.78, 5) is 44.7. The molecule has 0 spiro atoms. The minimum absolute atomic E-state index is 0.0204. The maximum Gasteiger partial charge on any atom is 0.332 e. The van der Waals surface area contributed by atoms with E-state index >= 15 is 0 Å². The van der Waals surface area contributed by atoms with E-state index in [0.29, 0.717) is 0 Å². The zero-order valence-electron chi connectivity index (χ0n) is 11.4. The number of aliphatic hydroxyl groups is 1. The molecule has 10 heteroatoms. The van der Waals surface area contributed by atoms with Gasteiger partial charge in [-0.15, -0.1) is 0 Å². The molecule has 0 rings (SSSR count). The highest BCUT2D eigenvalue weighted by atomic mass is 32.2. The fourth-order valence-electron chi connectivity index (χ4n) is 1.21. The second-order valence-electron chi connectivity index (χ2n) is 3.99. The first kappa shape index (κ1) is 19.7. The molecule has 0 radical (unpaired) electrons. The highest BCUT2D eigenvalue weighted by Gasteiger charge is 2.21. The topological polar surface area (TPSA) is 133 Å². The molecule has 0 aliphatic rings. The molecule has 2 amide bonds. The molecule has 120 valence electrons. The second-order valence-corrected chi connectivity index (χ2v) is 5.22. The minimum atomic E-state index is -1.63. The number of carbonyl (C=O) groups excluding carboxylic acids is 3. The lowest BCUT2D eigenvalue weighted by Crippen LogP contribution is -2.48. The molecule has 0 aromatic heterocycles. The second kappa shape index (κ2) is 10.5.